The summed E-state index contributed by atoms with van der Waals surface area (Å²) in [7, 11) is 1.81. The summed E-state index contributed by atoms with van der Waals surface area (Å²) in [6.45, 7) is 4.83. The van der Waals surface area contributed by atoms with Crippen molar-refractivity contribution in [3.05, 3.63) is 40.2 Å². The summed E-state index contributed by atoms with van der Waals surface area (Å²) in [4.78, 5) is 17.5. The van der Waals surface area contributed by atoms with Gasteiger partial charge in [0.05, 0.1) is 40.6 Å². The number of aryl methyl sites for hydroxylation is 3. The Morgan fingerprint density at radius 3 is 2.63 bits per heavy atom. The molecule has 7 nitrogen and oxygen atoms in total. The van der Waals surface area contributed by atoms with Gasteiger partial charge in [-0.2, -0.15) is 5.10 Å². The lowest BCUT2D eigenvalue weighted by atomic mass is 10.1. The number of pyridine rings is 1. The van der Waals surface area contributed by atoms with Gasteiger partial charge in [-0.15, -0.1) is 0 Å². The predicted molar refractivity (Wildman–Crippen MR) is 103 cm³/mol. The topological polar surface area (TPSA) is 78.3 Å². The normalized spacial score (nSPS) is 13.5. The number of carbonyl (C=O) groups is 1. The summed E-state index contributed by atoms with van der Waals surface area (Å²) in [6.07, 6.45) is 0.794. The number of aromatic nitrogens is 3. The van der Waals surface area contributed by atoms with E-state index in [2.05, 4.69) is 15.4 Å². The third-order valence-electron chi connectivity index (χ3n) is 4.43. The predicted octanol–water partition coefficient (Wildman–Crippen LogP) is 3.65. The summed E-state index contributed by atoms with van der Waals surface area (Å²) in [5.74, 6) is 0.875. The van der Waals surface area contributed by atoms with Crippen molar-refractivity contribution >= 4 is 34.2 Å². The first-order chi connectivity index (χ1) is 12.9. The van der Waals surface area contributed by atoms with Gasteiger partial charge in [-0.05, 0) is 19.9 Å². The van der Waals surface area contributed by atoms with Crippen LogP contribution in [0, 0.1) is 13.8 Å². The van der Waals surface area contributed by atoms with Crippen molar-refractivity contribution in [1.29, 1.82) is 0 Å². The van der Waals surface area contributed by atoms with E-state index in [1.54, 1.807) is 22.9 Å². The zero-order valence-corrected chi connectivity index (χ0v) is 16.1. The Hall–Kier alpha value is -2.80. The average Bonchev–Trinajstić information content (AvgIpc) is 2.79. The van der Waals surface area contributed by atoms with Gasteiger partial charge in [-0.3, -0.25) is 9.48 Å². The lowest BCUT2D eigenvalue weighted by molar-refractivity contribution is 0.102. The lowest BCUT2D eigenvalue weighted by Crippen LogP contribution is -2.14. The Morgan fingerprint density at radius 2 is 1.89 bits per heavy atom. The molecule has 1 aromatic carbocycles. The van der Waals surface area contributed by atoms with Crippen LogP contribution in [0.2, 0.25) is 5.02 Å². The third kappa shape index (κ3) is 3.19. The molecule has 2 aromatic heterocycles. The Labute approximate surface area is 161 Å². The summed E-state index contributed by atoms with van der Waals surface area (Å²) < 4.78 is 13.0. The number of rotatable bonds is 2. The number of hydrogen-bond donors (Lipinski definition) is 1. The molecule has 1 N–H and O–H groups in total. The molecule has 0 saturated carbocycles. The maximum Gasteiger partial charge on any atom is 0.256 e. The molecule has 4 rings (SSSR count). The van der Waals surface area contributed by atoms with E-state index in [9.17, 15) is 4.79 Å². The van der Waals surface area contributed by atoms with E-state index in [1.807, 2.05) is 20.9 Å². The smallest absolute Gasteiger partial charge is 0.256 e. The fraction of sp³-hybridized carbons (Fsp3) is 0.316. The minimum Gasteiger partial charge on any atom is -0.490 e. The molecule has 3 aromatic rings. The molecule has 0 bridgehead atoms. The van der Waals surface area contributed by atoms with Gasteiger partial charge < -0.3 is 14.8 Å². The van der Waals surface area contributed by atoms with E-state index < -0.39 is 0 Å². The van der Waals surface area contributed by atoms with E-state index in [1.165, 1.54) is 0 Å². The molecule has 0 radical (unpaired) electrons. The molecular weight excluding hydrogens is 368 g/mol. The number of amides is 1. The molecular formula is C19H19ClN4O3. The Balaban J connectivity index is 1.73. The largest absolute Gasteiger partial charge is 0.490 e. The number of halogens is 1. The number of carbonyl (C=O) groups excluding carboxylic acids is 1. The van der Waals surface area contributed by atoms with Crippen LogP contribution in [-0.4, -0.2) is 33.9 Å². The van der Waals surface area contributed by atoms with Crippen molar-refractivity contribution in [3.8, 4) is 11.5 Å². The van der Waals surface area contributed by atoms with Crippen molar-refractivity contribution in [2.75, 3.05) is 18.5 Å². The monoisotopic (exact) mass is 386 g/mol. The number of fused-ring (bicyclic) bond motifs is 2. The molecule has 1 aliphatic rings. The molecule has 0 aliphatic carbocycles. The molecule has 0 fully saturated rings. The highest BCUT2D eigenvalue weighted by molar-refractivity contribution is 6.34. The Morgan fingerprint density at radius 1 is 1.19 bits per heavy atom. The first kappa shape index (κ1) is 17.6. The Kier molecular flexibility index (Phi) is 4.39. The zero-order valence-electron chi connectivity index (χ0n) is 15.3. The van der Waals surface area contributed by atoms with Gasteiger partial charge >= 0.3 is 0 Å². The number of anilines is 1. The lowest BCUT2D eigenvalue weighted by Gasteiger charge is -2.13. The summed E-state index contributed by atoms with van der Waals surface area (Å²) in [6, 6.07) is 5.12. The van der Waals surface area contributed by atoms with Gasteiger partial charge in [0, 0.05) is 31.3 Å². The molecule has 1 amide bonds. The molecule has 3 heterocycles. The van der Waals surface area contributed by atoms with Gasteiger partial charge in [0.25, 0.3) is 5.91 Å². The first-order valence-corrected chi connectivity index (χ1v) is 9.03. The van der Waals surface area contributed by atoms with Crippen LogP contribution in [0.4, 0.5) is 5.69 Å². The average molecular weight is 387 g/mol. The van der Waals surface area contributed by atoms with Crippen LogP contribution in [0.25, 0.3) is 11.0 Å². The first-order valence-electron chi connectivity index (χ1n) is 8.65. The maximum atomic E-state index is 13.0. The minimum absolute atomic E-state index is 0.280. The van der Waals surface area contributed by atoms with Crippen LogP contribution < -0.4 is 14.8 Å². The number of hydrogen-bond acceptors (Lipinski definition) is 5. The van der Waals surface area contributed by atoms with Crippen molar-refractivity contribution in [2.24, 2.45) is 7.05 Å². The summed E-state index contributed by atoms with van der Waals surface area (Å²) in [5.41, 5.74) is 3.12. The quantitative estimate of drug-likeness (QED) is 0.727. The molecule has 8 heteroatoms. The van der Waals surface area contributed by atoms with E-state index in [4.69, 9.17) is 21.1 Å². The second-order valence-electron chi connectivity index (χ2n) is 6.50. The second-order valence-corrected chi connectivity index (χ2v) is 6.91. The summed E-state index contributed by atoms with van der Waals surface area (Å²) in [5, 5.41) is 8.37. The van der Waals surface area contributed by atoms with E-state index in [-0.39, 0.29) is 5.91 Å². The van der Waals surface area contributed by atoms with Crippen LogP contribution in [-0.2, 0) is 7.05 Å². The van der Waals surface area contributed by atoms with Crippen LogP contribution in [0.15, 0.2) is 18.2 Å². The highest BCUT2D eigenvalue weighted by atomic mass is 35.5. The molecule has 0 saturated heterocycles. The van der Waals surface area contributed by atoms with E-state index in [0.29, 0.717) is 46.6 Å². The van der Waals surface area contributed by atoms with Gasteiger partial charge in [-0.1, -0.05) is 11.6 Å². The van der Waals surface area contributed by atoms with Gasteiger partial charge in [0.1, 0.15) is 0 Å². The number of nitrogens with one attached hydrogen (secondary N) is 1. The van der Waals surface area contributed by atoms with Crippen molar-refractivity contribution in [3.63, 3.8) is 0 Å². The third-order valence-corrected chi connectivity index (χ3v) is 4.74. The van der Waals surface area contributed by atoms with Gasteiger partial charge in [0.2, 0.25) is 0 Å². The highest BCUT2D eigenvalue weighted by Crippen LogP contribution is 2.38. The van der Waals surface area contributed by atoms with Crippen LogP contribution >= 0.6 is 11.6 Å². The van der Waals surface area contributed by atoms with Gasteiger partial charge in [0.15, 0.2) is 17.1 Å². The van der Waals surface area contributed by atoms with Crippen molar-refractivity contribution in [1.82, 2.24) is 14.8 Å². The molecule has 140 valence electrons. The molecule has 0 atom stereocenters. The minimum atomic E-state index is -0.280. The highest BCUT2D eigenvalue weighted by Gasteiger charge is 2.20. The number of nitrogens with zero attached hydrogens (tertiary/aromatic N) is 3. The maximum absolute atomic E-state index is 13.0. The fourth-order valence-corrected chi connectivity index (χ4v) is 3.42. The van der Waals surface area contributed by atoms with Crippen LogP contribution in [0.1, 0.15) is 28.2 Å². The van der Waals surface area contributed by atoms with E-state index >= 15 is 0 Å². The SMILES string of the molecule is Cc1cc(C(=O)Nc2cc3c(cc2Cl)OCCCO3)c2c(C)nn(C)c2n1. The van der Waals surface area contributed by atoms with Crippen molar-refractivity contribution < 1.29 is 14.3 Å². The van der Waals surface area contributed by atoms with Crippen molar-refractivity contribution in [2.45, 2.75) is 20.3 Å². The standard InChI is InChI=1S/C19H19ClN4O3/c1-10-7-12(17-11(2)23-24(3)18(17)21-10)19(25)22-14-9-16-15(8-13(14)20)26-5-4-6-27-16/h7-9H,4-6H2,1-3H3,(H,22,25). The van der Waals surface area contributed by atoms with Crippen LogP contribution in [0.5, 0.6) is 11.5 Å². The molecule has 27 heavy (non-hydrogen) atoms. The number of benzene rings is 1. The van der Waals surface area contributed by atoms with Gasteiger partial charge in [-0.25, -0.2) is 4.98 Å². The van der Waals surface area contributed by atoms with Crippen LogP contribution in [0.3, 0.4) is 0 Å². The molecule has 0 spiro atoms. The molecule has 1 aliphatic heterocycles. The second kappa shape index (κ2) is 6.74. The molecule has 0 unspecified atom stereocenters. The Bertz CT molecular complexity index is 1060. The summed E-state index contributed by atoms with van der Waals surface area (Å²) >= 11 is 6.35. The fourth-order valence-electron chi connectivity index (χ4n) is 3.22. The number of ether oxygens (including phenoxy) is 2. The van der Waals surface area contributed by atoms with E-state index in [0.717, 1.165) is 23.2 Å². The zero-order chi connectivity index (χ0) is 19.1.